The minimum atomic E-state index is 0.190. The lowest BCUT2D eigenvalue weighted by molar-refractivity contribution is -0.0333. The van der Waals surface area contributed by atoms with E-state index >= 15 is 0 Å². The summed E-state index contributed by atoms with van der Waals surface area (Å²) in [6.45, 7) is 0.870. The van der Waals surface area contributed by atoms with E-state index in [1.54, 1.807) is 6.20 Å². The highest BCUT2D eigenvalue weighted by atomic mass is 79.9. The molecule has 0 bridgehead atoms. The average Bonchev–Trinajstić information content (AvgIpc) is 2.53. The van der Waals surface area contributed by atoms with Crippen molar-refractivity contribution in [2.24, 2.45) is 0 Å². The second-order valence-electron chi connectivity index (χ2n) is 2.92. The standard InChI is InChI=1S/C8H11BrN2O/c9-8-10-4-5-11(8)7-3-1-2-6-12-7/h4-5,7H,1-3,6H2/t7-/m1/s1. The molecule has 0 spiro atoms. The monoisotopic (exact) mass is 230 g/mol. The van der Waals surface area contributed by atoms with Gasteiger partial charge in [-0.2, -0.15) is 0 Å². The number of nitrogens with zero attached hydrogens (tertiary/aromatic N) is 2. The number of rotatable bonds is 1. The molecule has 0 amide bonds. The first-order valence-electron chi connectivity index (χ1n) is 4.18. The Hall–Kier alpha value is -0.350. The summed E-state index contributed by atoms with van der Waals surface area (Å²) >= 11 is 3.37. The zero-order valence-corrected chi connectivity index (χ0v) is 8.33. The lowest BCUT2D eigenvalue weighted by Crippen LogP contribution is -2.17. The lowest BCUT2D eigenvalue weighted by Gasteiger charge is -2.24. The summed E-state index contributed by atoms with van der Waals surface area (Å²) in [4.78, 5) is 4.09. The Labute approximate surface area is 79.9 Å². The number of imidazole rings is 1. The molecule has 0 saturated carbocycles. The molecule has 66 valence electrons. The zero-order chi connectivity index (χ0) is 8.39. The number of hydrogen-bond donors (Lipinski definition) is 0. The molecule has 0 N–H and O–H groups in total. The van der Waals surface area contributed by atoms with Gasteiger partial charge in [-0.1, -0.05) is 0 Å². The van der Waals surface area contributed by atoms with Crippen molar-refractivity contribution in [2.75, 3.05) is 6.61 Å². The van der Waals surface area contributed by atoms with Gasteiger partial charge in [0, 0.05) is 19.0 Å². The molecule has 1 aromatic rings. The predicted molar refractivity (Wildman–Crippen MR) is 48.8 cm³/mol. The SMILES string of the molecule is Brc1nccn1[C@H]1CCCCO1. The van der Waals surface area contributed by atoms with Crippen molar-refractivity contribution in [3.05, 3.63) is 17.1 Å². The summed E-state index contributed by atoms with van der Waals surface area (Å²) in [5.74, 6) is 0. The normalized spacial score (nSPS) is 24.2. The third-order valence-corrected chi connectivity index (χ3v) is 2.70. The van der Waals surface area contributed by atoms with Gasteiger partial charge in [0.25, 0.3) is 0 Å². The molecule has 4 heteroatoms. The maximum Gasteiger partial charge on any atom is 0.179 e. The van der Waals surface area contributed by atoms with Gasteiger partial charge in [-0.3, -0.25) is 4.57 Å². The maximum atomic E-state index is 5.60. The van der Waals surface area contributed by atoms with Crippen LogP contribution in [0.2, 0.25) is 0 Å². The largest absolute Gasteiger partial charge is 0.358 e. The Bertz CT molecular complexity index is 255. The lowest BCUT2D eigenvalue weighted by atomic mass is 10.2. The van der Waals surface area contributed by atoms with Crippen molar-refractivity contribution in [2.45, 2.75) is 25.5 Å². The van der Waals surface area contributed by atoms with Crippen molar-refractivity contribution < 1.29 is 4.74 Å². The van der Waals surface area contributed by atoms with E-state index in [0.29, 0.717) is 0 Å². The third-order valence-electron chi connectivity index (χ3n) is 2.09. The molecule has 0 unspecified atom stereocenters. The molecule has 0 aliphatic carbocycles. The van der Waals surface area contributed by atoms with Crippen molar-refractivity contribution in [1.29, 1.82) is 0 Å². The molecule has 1 atom stereocenters. The van der Waals surface area contributed by atoms with E-state index in [0.717, 1.165) is 17.8 Å². The van der Waals surface area contributed by atoms with Gasteiger partial charge in [0.2, 0.25) is 0 Å². The Balaban J connectivity index is 2.13. The second kappa shape index (κ2) is 3.58. The van der Waals surface area contributed by atoms with E-state index in [-0.39, 0.29) is 6.23 Å². The quantitative estimate of drug-likeness (QED) is 0.741. The molecular formula is C8H11BrN2O. The molecule has 1 aliphatic heterocycles. The number of ether oxygens (including phenoxy) is 1. The fourth-order valence-corrected chi connectivity index (χ4v) is 1.92. The van der Waals surface area contributed by atoms with Crippen LogP contribution in [0.4, 0.5) is 0 Å². The first-order valence-corrected chi connectivity index (χ1v) is 4.97. The molecule has 1 fully saturated rings. The van der Waals surface area contributed by atoms with Crippen LogP contribution in [0.25, 0.3) is 0 Å². The second-order valence-corrected chi connectivity index (χ2v) is 3.63. The molecule has 1 saturated heterocycles. The molecule has 3 nitrogen and oxygen atoms in total. The molecule has 0 aromatic carbocycles. The fraction of sp³-hybridized carbons (Fsp3) is 0.625. The number of hydrogen-bond acceptors (Lipinski definition) is 2. The third kappa shape index (κ3) is 1.54. The van der Waals surface area contributed by atoms with Crippen molar-refractivity contribution in [3.8, 4) is 0 Å². The number of aromatic nitrogens is 2. The average molecular weight is 231 g/mol. The topological polar surface area (TPSA) is 27.1 Å². The van der Waals surface area contributed by atoms with Crippen molar-refractivity contribution in [1.82, 2.24) is 9.55 Å². The van der Waals surface area contributed by atoms with Gasteiger partial charge in [0.1, 0.15) is 6.23 Å². The minimum Gasteiger partial charge on any atom is -0.358 e. The number of halogens is 1. The van der Waals surface area contributed by atoms with Gasteiger partial charge in [-0.15, -0.1) is 0 Å². The smallest absolute Gasteiger partial charge is 0.179 e. The molecule has 2 heterocycles. The van der Waals surface area contributed by atoms with Crippen LogP contribution in [0.15, 0.2) is 17.1 Å². The molecule has 2 rings (SSSR count). The van der Waals surface area contributed by atoms with Gasteiger partial charge >= 0.3 is 0 Å². The minimum absolute atomic E-state index is 0.190. The van der Waals surface area contributed by atoms with Crippen LogP contribution < -0.4 is 0 Å². The Morgan fingerprint density at radius 3 is 3.08 bits per heavy atom. The fourth-order valence-electron chi connectivity index (χ4n) is 1.45. The molecular weight excluding hydrogens is 220 g/mol. The molecule has 12 heavy (non-hydrogen) atoms. The van der Waals surface area contributed by atoms with Gasteiger partial charge in [0.05, 0.1) is 0 Å². The van der Waals surface area contributed by atoms with Gasteiger partial charge in [-0.25, -0.2) is 4.98 Å². The molecule has 0 radical (unpaired) electrons. The highest BCUT2D eigenvalue weighted by molar-refractivity contribution is 9.10. The van der Waals surface area contributed by atoms with Crippen molar-refractivity contribution in [3.63, 3.8) is 0 Å². The van der Waals surface area contributed by atoms with Crippen LogP contribution in [0.3, 0.4) is 0 Å². The highest BCUT2D eigenvalue weighted by Crippen LogP contribution is 2.24. The summed E-state index contributed by atoms with van der Waals surface area (Å²) in [5, 5.41) is 0. The van der Waals surface area contributed by atoms with Crippen LogP contribution >= 0.6 is 15.9 Å². The first kappa shape index (κ1) is 8.26. The Kier molecular flexibility index (Phi) is 2.46. The van der Waals surface area contributed by atoms with E-state index in [2.05, 4.69) is 20.9 Å². The molecule has 1 aliphatic rings. The van der Waals surface area contributed by atoms with E-state index in [1.165, 1.54) is 12.8 Å². The summed E-state index contributed by atoms with van der Waals surface area (Å²) in [6, 6.07) is 0. The summed E-state index contributed by atoms with van der Waals surface area (Å²) < 4.78 is 8.48. The zero-order valence-electron chi connectivity index (χ0n) is 6.74. The van der Waals surface area contributed by atoms with Crippen LogP contribution in [0.5, 0.6) is 0 Å². The summed E-state index contributed by atoms with van der Waals surface area (Å²) in [6.07, 6.45) is 7.44. The van der Waals surface area contributed by atoms with Gasteiger partial charge in [0.15, 0.2) is 4.73 Å². The predicted octanol–water partition coefficient (Wildman–Crippen LogP) is 2.34. The van der Waals surface area contributed by atoms with E-state index in [4.69, 9.17) is 4.74 Å². The van der Waals surface area contributed by atoms with Crippen LogP contribution in [-0.4, -0.2) is 16.2 Å². The van der Waals surface area contributed by atoms with Gasteiger partial charge < -0.3 is 4.74 Å². The van der Waals surface area contributed by atoms with Crippen molar-refractivity contribution >= 4 is 15.9 Å². The van der Waals surface area contributed by atoms with Crippen LogP contribution in [0.1, 0.15) is 25.5 Å². The summed E-state index contributed by atoms with van der Waals surface area (Å²) in [7, 11) is 0. The molecule has 1 aromatic heterocycles. The van der Waals surface area contributed by atoms with E-state index in [1.807, 2.05) is 10.8 Å². The van der Waals surface area contributed by atoms with E-state index in [9.17, 15) is 0 Å². The van der Waals surface area contributed by atoms with Crippen LogP contribution in [0, 0.1) is 0 Å². The first-order chi connectivity index (χ1) is 5.88. The van der Waals surface area contributed by atoms with Gasteiger partial charge in [-0.05, 0) is 35.2 Å². The summed E-state index contributed by atoms with van der Waals surface area (Å²) in [5.41, 5.74) is 0. The van der Waals surface area contributed by atoms with E-state index < -0.39 is 0 Å². The Morgan fingerprint density at radius 1 is 1.58 bits per heavy atom. The van der Waals surface area contributed by atoms with Crippen LogP contribution in [-0.2, 0) is 4.74 Å². The Morgan fingerprint density at radius 2 is 2.50 bits per heavy atom. The maximum absolute atomic E-state index is 5.60. The highest BCUT2D eigenvalue weighted by Gasteiger charge is 2.16.